The van der Waals surface area contributed by atoms with E-state index in [9.17, 15) is 0 Å². The third kappa shape index (κ3) is 2.63. The maximum absolute atomic E-state index is 4.51. The van der Waals surface area contributed by atoms with E-state index in [0.29, 0.717) is 5.92 Å². The van der Waals surface area contributed by atoms with E-state index in [1.807, 2.05) is 18.1 Å². The lowest BCUT2D eigenvalue weighted by Crippen LogP contribution is -2.15. The molecule has 4 rings (SSSR count). The van der Waals surface area contributed by atoms with Gasteiger partial charge in [-0.15, -0.1) is 11.8 Å². The van der Waals surface area contributed by atoms with E-state index in [-0.39, 0.29) is 0 Å². The summed E-state index contributed by atoms with van der Waals surface area (Å²) in [5.41, 5.74) is 2.67. The Bertz CT molecular complexity index is 603. The van der Waals surface area contributed by atoms with E-state index in [2.05, 4.69) is 45.3 Å². The summed E-state index contributed by atoms with van der Waals surface area (Å²) in [6.45, 7) is 1.95. The van der Waals surface area contributed by atoms with Crippen LogP contribution in [0.5, 0.6) is 0 Å². The first-order valence-electron chi connectivity index (χ1n) is 7.34. The van der Waals surface area contributed by atoms with E-state index in [1.54, 1.807) is 0 Å². The fourth-order valence-corrected chi connectivity index (χ4v) is 4.01. The molecule has 0 radical (unpaired) electrons. The Morgan fingerprint density at radius 3 is 3.10 bits per heavy atom. The zero-order valence-electron chi connectivity index (χ0n) is 11.5. The lowest BCUT2D eigenvalue weighted by Gasteiger charge is -2.11. The van der Waals surface area contributed by atoms with Gasteiger partial charge in [0.15, 0.2) is 0 Å². The molecule has 20 heavy (non-hydrogen) atoms. The van der Waals surface area contributed by atoms with Crippen LogP contribution in [0.1, 0.15) is 30.0 Å². The Morgan fingerprint density at radius 1 is 1.30 bits per heavy atom. The van der Waals surface area contributed by atoms with Gasteiger partial charge in [0.2, 0.25) is 0 Å². The van der Waals surface area contributed by atoms with Crippen LogP contribution in [-0.4, -0.2) is 21.3 Å². The minimum atomic E-state index is 0.620. The first kappa shape index (κ1) is 12.5. The number of benzene rings is 1. The minimum Gasteiger partial charge on any atom is -0.337 e. The standard InChI is InChI=1S/C16H19N3S/c1-2-4-16-15(3-1)12(10-20-16)8-19-9-14(18-11-19)7-17-13-5-6-13/h1-4,9,11-13,17H,5-8,10H2. The molecule has 0 amide bonds. The summed E-state index contributed by atoms with van der Waals surface area (Å²) in [5, 5.41) is 3.52. The quantitative estimate of drug-likeness (QED) is 0.916. The van der Waals surface area contributed by atoms with Crippen LogP contribution < -0.4 is 5.32 Å². The van der Waals surface area contributed by atoms with Crippen LogP contribution >= 0.6 is 11.8 Å². The summed E-state index contributed by atoms with van der Waals surface area (Å²) in [7, 11) is 0. The molecule has 0 spiro atoms. The molecule has 1 saturated carbocycles. The number of rotatable bonds is 5. The van der Waals surface area contributed by atoms with E-state index in [4.69, 9.17) is 0 Å². The lowest BCUT2D eigenvalue weighted by molar-refractivity contribution is 0.603. The normalized spacial score (nSPS) is 21.1. The Hall–Kier alpha value is -1.26. The van der Waals surface area contributed by atoms with Crippen LogP contribution in [0.4, 0.5) is 0 Å². The molecule has 1 N–H and O–H groups in total. The molecule has 0 bridgehead atoms. The third-order valence-electron chi connectivity index (χ3n) is 4.07. The predicted octanol–water partition coefficient (Wildman–Crippen LogP) is 3.02. The van der Waals surface area contributed by atoms with Gasteiger partial charge in [-0.3, -0.25) is 0 Å². The van der Waals surface area contributed by atoms with E-state index in [0.717, 1.165) is 24.8 Å². The predicted molar refractivity (Wildman–Crippen MR) is 82.0 cm³/mol. The van der Waals surface area contributed by atoms with Gasteiger partial charge in [0.25, 0.3) is 0 Å². The molecule has 3 nitrogen and oxygen atoms in total. The summed E-state index contributed by atoms with van der Waals surface area (Å²) < 4.78 is 2.25. The van der Waals surface area contributed by atoms with Crippen LogP contribution in [0, 0.1) is 0 Å². The molecular formula is C16H19N3S. The molecule has 104 valence electrons. The van der Waals surface area contributed by atoms with Gasteiger partial charge in [-0.05, 0) is 24.5 Å². The lowest BCUT2D eigenvalue weighted by atomic mass is 10.0. The monoisotopic (exact) mass is 285 g/mol. The molecule has 1 fully saturated rings. The third-order valence-corrected chi connectivity index (χ3v) is 5.32. The molecule has 1 aliphatic heterocycles. The molecule has 0 saturated heterocycles. The Morgan fingerprint density at radius 2 is 2.20 bits per heavy atom. The second kappa shape index (κ2) is 5.26. The highest BCUT2D eigenvalue weighted by Crippen LogP contribution is 2.39. The SMILES string of the molecule is c1ccc2c(c1)SCC2Cn1cnc(CNC2CC2)c1. The second-order valence-corrected chi connectivity index (χ2v) is 6.82. The van der Waals surface area contributed by atoms with Crippen molar-refractivity contribution in [2.24, 2.45) is 0 Å². The first-order valence-corrected chi connectivity index (χ1v) is 8.33. The second-order valence-electron chi connectivity index (χ2n) is 5.76. The number of hydrogen-bond acceptors (Lipinski definition) is 3. The number of nitrogens with zero attached hydrogens (tertiary/aromatic N) is 2. The summed E-state index contributed by atoms with van der Waals surface area (Å²) in [6, 6.07) is 9.54. The van der Waals surface area contributed by atoms with Gasteiger partial charge in [0, 0.05) is 41.9 Å². The van der Waals surface area contributed by atoms with E-state index in [1.165, 1.54) is 29.1 Å². The van der Waals surface area contributed by atoms with Crippen molar-refractivity contribution in [1.82, 2.24) is 14.9 Å². The van der Waals surface area contributed by atoms with Crippen molar-refractivity contribution in [3.05, 3.63) is 48.0 Å². The van der Waals surface area contributed by atoms with Crippen molar-refractivity contribution in [1.29, 1.82) is 0 Å². The number of nitrogens with one attached hydrogen (secondary N) is 1. The first-order chi connectivity index (χ1) is 9.88. The molecule has 1 aromatic carbocycles. The largest absolute Gasteiger partial charge is 0.337 e. The van der Waals surface area contributed by atoms with Crippen LogP contribution in [0.3, 0.4) is 0 Å². The van der Waals surface area contributed by atoms with Gasteiger partial charge < -0.3 is 9.88 Å². The van der Waals surface area contributed by atoms with E-state index >= 15 is 0 Å². The highest BCUT2D eigenvalue weighted by Gasteiger charge is 2.23. The molecule has 2 aromatic rings. The van der Waals surface area contributed by atoms with Crippen LogP contribution in [0.2, 0.25) is 0 Å². The maximum Gasteiger partial charge on any atom is 0.0950 e. The van der Waals surface area contributed by atoms with Gasteiger partial charge in [0.05, 0.1) is 12.0 Å². The summed E-state index contributed by atoms with van der Waals surface area (Å²) in [6.07, 6.45) is 6.84. The number of fused-ring (bicyclic) bond motifs is 1. The van der Waals surface area contributed by atoms with Crippen LogP contribution in [-0.2, 0) is 13.1 Å². The molecular weight excluding hydrogens is 266 g/mol. The van der Waals surface area contributed by atoms with Crippen molar-refractivity contribution in [3.8, 4) is 0 Å². The molecule has 2 aliphatic rings. The number of imidazole rings is 1. The molecule has 4 heteroatoms. The molecule has 2 heterocycles. The average Bonchev–Trinajstić information content (AvgIpc) is 3.06. The fraction of sp³-hybridized carbons (Fsp3) is 0.438. The van der Waals surface area contributed by atoms with Gasteiger partial charge in [0.1, 0.15) is 0 Å². The summed E-state index contributed by atoms with van der Waals surface area (Å²) in [5.74, 6) is 1.81. The number of aromatic nitrogens is 2. The van der Waals surface area contributed by atoms with Crippen molar-refractivity contribution in [2.45, 2.75) is 42.8 Å². The van der Waals surface area contributed by atoms with Gasteiger partial charge in [-0.2, -0.15) is 0 Å². The molecule has 1 aromatic heterocycles. The van der Waals surface area contributed by atoms with Crippen LogP contribution in [0.15, 0.2) is 41.7 Å². The van der Waals surface area contributed by atoms with Crippen LogP contribution in [0.25, 0.3) is 0 Å². The number of thioether (sulfide) groups is 1. The molecule has 1 aliphatic carbocycles. The fourth-order valence-electron chi connectivity index (χ4n) is 2.77. The summed E-state index contributed by atoms with van der Waals surface area (Å²) >= 11 is 1.98. The van der Waals surface area contributed by atoms with Gasteiger partial charge in [-0.1, -0.05) is 18.2 Å². The smallest absolute Gasteiger partial charge is 0.0950 e. The molecule has 1 unspecified atom stereocenters. The summed E-state index contributed by atoms with van der Waals surface area (Å²) in [4.78, 5) is 5.96. The minimum absolute atomic E-state index is 0.620. The zero-order chi connectivity index (χ0) is 13.4. The van der Waals surface area contributed by atoms with Crippen molar-refractivity contribution in [3.63, 3.8) is 0 Å². The Kier molecular flexibility index (Phi) is 3.28. The zero-order valence-corrected chi connectivity index (χ0v) is 12.3. The van der Waals surface area contributed by atoms with Crippen molar-refractivity contribution < 1.29 is 0 Å². The van der Waals surface area contributed by atoms with Gasteiger partial charge >= 0.3 is 0 Å². The Balaban J connectivity index is 1.41. The highest BCUT2D eigenvalue weighted by molar-refractivity contribution is 7.99. The number of hydrogen-bond donors (Lipinski definition) is 1. The molecule has 1 atom stereocenters. The van der Waals surface area contributed by atoms with Crippen molar-refractivity contribution in [2.75, 3.05) is 5.75 Å². The van der Waals surface area contributed by atoms with Gasteiger partial charge in [-0.25, -0.2) is 4.98 Å². The topological polar surface area (TPSA) is 29.9 Å². The highest BCUT2D eigenvalue weighted by atomic mass is 32.2. The van der Waals surface area contributed by atoms with Crippen molar-refractivity contribution >= 4 is 11.8 Å². The maximum atomic E-state index is 4.51. The Labute approximate surface area is 123 Å². The average molecular weight is 285 g/mol. The van der Waals surface area contributed by atoms with E-state index < -0.39 is 0 Å².